The molecule has 32 heavy (non-hydrogen) atoms. The molecule has 3 rings (SSSR count). The summed E-state index contributed by atoms with van der Waals surface area (Å²) in [6.45, 7) is 1.52. The van der Waals surface area contributed by atoms with Gasteiger partial charge in [-0.15, -0.1) is 0 Å². The molecule has 10 heteroatoms. The van der Waals surface area contributed by atoms with Crippen LogP contribution in [0, 0.1) is 11.7 Å². The van der Waals surface area contributed by atoms with E-state index in [2.05, 4.69) is 10.2 Å². The van der Waals surface area contributed by atoms with Crippen LogP contribution in [0.4, 0.5) is 10.1 Å². The summed E-state index contributed by atoms with van der Waals surface area (Å²) in [5.74, 6) is -1.53. The largest absolute Gasteiger partial charge is 0.369 e. The summed E-state index contributed by atoms with van der Waals surface area (Å²) < 4.78 is 39.3. The maximum atomic E-state index is 13.1. The van der Waals surface area contributed by atoms with E-state index >= 15 is 0 Å². The molecule has 2 amide bonds. The minimum absolute atomic E-state index is 0.0938. The van der Waals surface area contributed by atoms with Crippen molar-refractivity contribution in [2.24, 2.45) is 11.7 Å². The molecule has 0 aliphatic carbocycles. The second kappa shape index (κ2) is 10.2. The Morgan fingerprint density at radius 1 is 1.19 bits per heavy atom. The average Bonchev–Trinajstić information content (AvgIpc) is 2.75. The first-order chi connectivity index (χ1) is 15.2. The minimum Gasteiger partial charge on any atom is -0.369 e. The summed E-state index contributed by atoms with van der Waals surface area (Å²) in [4.78, 5) is 26.1. The van der Waals surface area contributed by atoms with Crippen molar-refractivity contribution in [3.05, 3.63) is 59.9 Å². The van der Waals surface area contributed by atoms with Gasteiger partial charge in [0.25, 0.3) is 0 Å². The highest BCUT2D eigenvalue weighted by atomic mass is 32.2. The number of carbonyl (C=O) groups is 2. The van der Waals surface area contributed by atoms with Gasteiger partial charge in [0.2, 0.25) is 21.8 Å². The number of para-hydroxylation sites is 1. The first kappa shape index (κ1) is 23.8. The van der Waals surface area contributed by atoms with Crippen LogP contribution in [0.3, 0.4) is 0 Å². The topological polar surface area (TPSA) is 113 Å². The predicted molar refractivity (Wildman–Crippen MR) is 118 cm³/mol. The third-order valence-corrected chi connectivity index (χ3v) is 7.30. The van der Waals surface area contributed by atoms with Gasteiger partial charge in [0.15, 0.2) is 0 Å². The van der Waals surface area contributed by atoms with E-state index in [1.165, 1.54) is 7.05 Å². The van der Waals surface area contributed by atoms with Crippen LogP contribution in [-0.2, 0) is 26.2 Å². The molecule has 1 fully saturated rings. The molecule has 1 aliphatic rings. The van der Waals surface area contributed by atoms with Gasteiger partial charge < -0.3 is 11.1 Å². The van der Waals surface area contributed by atoms with Gasteiger partial charge >= 0.3 is 0 Å². The highest BCUT2D eigenvalue weighted by molar-refractivity contribution is 7.89. The third kappa shape index (κ3) is 5.90. The normalized spacial score (nSPS) is 17.3. The lowest BCUT2D eigenvalue weighted by molar-refractivity contribution is -0.123. The van der Waals surface area contributed by atoms with Crippen molar-refractivity contribution in [2.45, 2.75) is 24.3 Å². The van der Waals surface area contributed by atoms with Gasteiger partial charge in [-0.1, -0.05) is 18.2 Å². The predicted octanol–water partition coefficient (Wildman–Crippen LogP) is 1.78. The molecule has 2 aromatic rings. The number of likely N-dealkylation sites (N-methyl/N-ethyl adjacent to an activating group) is 1. The van der Waals surface area contributed by atoms with E-state index < -0.39 is 28.3 Å². The van der Waals surface area contributed by atoms with E-state index in [-0.39, 0.29) is 16.7 Å². The van der Waals surface area contributed by atoms with E-state index in [1.807, 2.05) is 12.1 Å². The number of hydrogen-bond acceptors (Lipinski definition) is 5. The van der Waals surface area contributed by atoms with Gasteiger partial charge in [0.05, 0.1) is 17.4 Å². The van der Waals surface area contributed by atoms with Crippen LogP contribution in [-0.4, -0.2) is 56.1 Å². The summed E-state index contributed by atoms with van der Waals surface area (Å²) in [5, 5.41) is 2.77. The molecular formula is C22H27FN4O4S. The Morgan fingerprint density at radius 2 is 1.88 bits per heavy atom. The Bertz CT molecular complexity index is 1080. The second-order valence-electron chi connectivity index (χ2n) is 7.90. The summed E-state index contributed by atoms with van der Waals surface area (Å²) in [6, 6.07) is 11.7. The first-order valence-electron chi connectivity index (χ1n) is 10.3. The number of nitrogens with zero attached hydrogens (tertiary/aromatic N) is 2. The van der Waals surface area contributed by atoms with E-state index in [4.69, 9.17) is 5.73 Å². The smallest absolute Gasteiger partial charge is 0.243 e. The van der Waals surface area contributed by atoms with Gasteiger partial charge in [-0.05, 0) is 55.3 Å². The molecule has 1 unspecified atom stereocenters. The van der Waals surface area contributed by atoms with Crippen molar-refractivity contribution in [3.63, 3.8) is 0 Å². The molecule has 8 nitrogen and oxygen atoms in total. The molecule has 0 spiro atoms. The van der Waals surface area contributed by atoms with E-state index in [1.54, 1.807) is 12.1 Å². The van der Waals surface area contributed by atoms with Crippen LogP contribution in [0.15, 0.2) is 53.4 Å². The van der Waals surface area contributed by atoms with E-state index in [0.29, 0.717) is 18.8 Å². The number of likely N-dealkylation sites (tertiary alicyclic amines) is 1. The zero-order valence-corrected chi connectivity index (χ0v) is 18.6. The van der Waals surface area contributed by atoms with Gasteiger partial charge in [0.1, 0.15) is 5.82 Å². The number of carbonyl (C=O) groups excluding carboxylic acids is 2. The SMILES string of the molecule is CN(CC(=O)Nc1ccccc1CN1CCCC(C(N)=O)C1)S(=O)(=O)c1ccc(F)cc1. The maximum Gasteiger partial charge on any atom is 0.243 e. The van der Waals surface area contributed by atoms with Gasteiger partial charge in [-0.3, -0.25) is 14.5 Å². The molecule has 0 aromatic heterocycles. The van der Waals surface area contributed by atoms with E-state index in [9.17, 15) is 22.4 Å². The lowest BCUT2D eigenvalue weighted by Crippen LogP contribution is -2.40. The highest BCUT2D eigenvalue weighted by Gasteiger charge is 2.25. The molecule has 172 valence electrons. The van der Waals surface area contributed by atoms with Crippen molar-refractivity contribution in [1.29, 1.82) is 0 Å². The van der Waals surface area contributed by atoms with Gasteiger partial charge in [0, 0.05) is 25.8 Å². The number of nitrogens with two attached hydrogens (primary N) is 1. The Kier molecular flexibility index (Phi) is 7.60. The monoisotopic (exact) mass is 462 g/mol. The fourth-order valence-electron chi connectivity index (χ4n) is 3.72. The molecular weight excluding hydrogens is 435 g/mol. The third-order valence-electron chi connectivity index (χ3n) is 5.48. The minimum atomic E-state index is -3.94. The molecule has 1 atom stereocenters. The van der Waals surface area contributed by atoms with Crippen LogP contribution in [0.25, 0.3) is 0 Å². The quantitative estimate of drug-likeness (QED) is 0.621. The van der Waals surface area contributed by atoms with Crippen molar-refractivity contribution in [1.82, 2.24) is 9.21 Å². The lowest BCUT2D eigenvalue weighted by atomic mass is 9.97. The number of amides is 2. The summed E-state index contributed by atoms with van der Waals surface area (Å²) >= 11 is 0. The van der Waals surface area contributed by atoms with Crippen LogP contribution in [0.2, 0.25) is 0 Å². The number of halogens is 1. The van der Waals surface area contributed by atoms with Crippen LogP contribution in [0.5, 0.6) is 0 Å². The van der Waals surface area contributed by atoms with Crippen molar-refractivity contribution < 1.29 is 22.4 Å². The van der Waals surface area contributed by atoms with Gasteiger partial charge in [-0.2, -0.15) is 4.31 Å². The molecule has 1 saturated heterocycles. The number of sulfonamides is 1. The van der Waals surface area contributed by atoms with Crippen molar-refractivity contribution in [3.8, 4) is 0 Å². The number of benzene rings is 2. The molecule has 2 aromatic carbocycles. The number of piperidine rings is 1. The number of anilines is 1. The summed E-state index contributed by atoms with van der Waals surface area (Å²) in [5.41, 5.74) is 6.89. The van der Waals surface area contributed by atoms with E-state index in [0.717, 1.165) is 53.5 Å². The highest BCUT2D eigenvalue weighted by Crippen LogP contribution is 2.22. The van der Waals surface area contributed by atoms with Gasteiger partial charge in [-0.25, -0.2) is 12.8 Å². The fourth-order valence-corrected chi connectivity index (χ4v) is 4.84. The zero-order valence-electron chi connectivity index (χ0n) is 17.8. The molecule has 3 N–H and O–H groups in total. The number of hydrogen-bond donors (Lipinski definition) is 2. The number of rotatable bonds is 8. The van der Waals surface area contributed by atoms with Crippen LogP contribution >= 0.6 is 0 Å². The Labute approximate surface area is 187 Å². The van der Waals surface area contributed by atoms with Crippen molar-refractivity contribution >= 4 is 27.5 Å². The summed E-state index contributed by atoms with van der Waals surface area (Å²) in [7, 11) is -2.64. The van der Waals surface area contributed by atoms with Crippen molar-refractivity contribution in [2.75, 3.05) is 32.0 Å². The average molecular weight is 463 g/mol. The Hall–Kier alpha value is -2.82. The standard InChI is InChI=1S/C22H27FN4O4S/c1-26(32(30,31)19-10-8-18(23)9-11-19)15-21(28)25-20-7-3-2-5-16(20)13-27-12-4-6-17(14-27)22(24)29/h2-3,5,7-11,17H,4,6,12-15H2,1H3,(H2,24,29)(H,25,28). The second-order valence-corrected chi connectivity index (χ2v) is 9.94. The maximum absolute atomic E-state index is 13.1. The number of primary amides is 1. The molecule has 0 radical (unpaired) electrons. The zero-order chi connectivity index (χ0) is 23.3. The summed E-state index contributed by atoms with van der Waals surface area (Å²) in [6.07, 6.45) is 1.65. The van der Waals surface area contributed by atoms with Crippen LogP contribution < -0.4 is 11.1 Å². The first-order valence-corrected chi connectivity index (χ1v) is 11.7. The Morgan fingerprint density at radius 3 is 2.56 bits per heavy atom. The van der Waals surface area contributed by atoms with Crippen LogP contribution in [0.1, 0.15) is 18.4 Å². The lowest BCUT2D eigenvalue weighted by Gasteiger charge is -2.31. The Balaban J connectivity index is 1.65. The molecule has 0 bridgehead atoms. The molecule has 1 aliphatic heterocycles. The molecule has 0 saturated carbocycles. The number of nitrogens with one attached hydrogen (secondary N) is 1. The molecule has 1 heterocycles. The fraction of sp³-hybridized carbons (Fsp3) is 0.364.